The number of hydrogen-bond acceptors (Lipinski definition) is 1. The van der Waals surface area contributed by atoms with Gasteiger partial charge in [-0.2, -0.15) is 0 Å². The van der Waals surface area contributed by atoms with E-state index in [-0.39, 0.29) is 11.1 Å². The molecule has 0 spiro atoms. The van der Waals surface area contributed by atoms with Crippen LogP contribution in [0.3, 0.4) is 0 Å². The summed E-state index contributed by atoms with van der Waals surface area (Å²) in [6.07, 6.45) is 1.34. The van der Waals surface area contributed by atoms with Crippen molar-refractivity contribution in [3.63, 3.8) is 0 Å². The number of hydrogen-bond donors (Lipinski definition) is 1. The molecule has 0 amide bonds. The zero-order chi connectivity index (χ0) is 11.6. The van der Waals surface area contributed by atoms with Crippen LogP contribution < -0.4 is 5.32 Å². The van der Waals surface area contributed by atoms with Crippen LogP contribution in [0.4, 0.5) is 8.78 Å². The summed E-state index contributed by atoms with van der Waals surface area (Å²) in [5.41, 5.74) is 1.43. The Balaban J connectivity index is 1.90. The van der Waals surface area contributed by atoms with Gasteiger partial charge in [0, 0.05) is 17.6 Å². The third-order valence-electron chi connectivity index (χ3n) is 3.41. The maximum absolute atomic E-state index is 12.3. The second-order valence-corrected chi connectivity index (χ2v) is 4.81. The largest absolute Gasteiger partial charge is 0.307 e. The first-order valence-corrected chi connectivity index (χ1v) is 5.71. The van der Waals surface area contributed by atoms with Gasteiger partial charge >= 0.3 is 0 Å². The van der Waals surface area contributed by atoms with E-state index in [1.165, 1.54) is 31.4 Å². The molecule has 1 aromatic carbocycles. The first-order chi connectivity index (χ1) is 7.59. The lowest BCUT2D eigenvalue weighted by molar-refractivity contribution is 0.151. The maximum Gasteiger partial charge on any atom is 0.263 e. The fraction of sp³-hybridized carbons (Fsp3) is 0.538. The Morgan fingerprint density at radius 1 is 1.25 bits per heavy atom. The van der Waals surface area contributed by atoms with Gasteiger partial charge in [0.1, 0.15) is 0 Å². The normalized spacial score (nSPS) is 18.5. The number of benzene rings is 1. The predicted molar refractivity (Wildman–Crippen MR) is 60.5 cm³/mol. The summed E-state index contributed by atoms with van der Waals surface area (Å²) in [6, 6.07) is 6.56. The molecule has 0 saturated heterocycles. The van der Waals surface area contributed by atoms with Crippen LogP contribution in [0.25, 0.3) is 0 Å². The maximum atomic E-state index is 12.3. The first kappa shape index (κ1) is 11.5. The summed E-state index contributed by atoms with van der Waals surface area (Å²) >= 11 is 0. The van der Waals surface area contributed by atoms with Gasteiger partial charge in [-0.25, -0.2) is 8.78 Å². The molecule has 0 aromatic heterocycles. The lowest BCUT2D eigenvalue weighted by Gasteiger charge is -2.39. The van der Waals surface area contributed by atoms with E-state index in [1.807, 2.05) is 0 Å². The molecule has 88 valence electrons. The zero-order valence-corrected chi connectivity index (χ0v) is 9.47. The van der Waals surface area contributed by atoms with E-state index in [0.29, 0.717) is 0 Å². The molecule has 1 aliphatic rings. The summed E-state index contributed by atoms with van der Waals surface area (Å²) in [5.74, 6) is 0. The van der Waals surface area contributed by atoms with Crippen molar-refractivity contribution in [2.24, 2.45) is 0 Å². The standard InChI is InChI=1S/C13H17F2N/c1-13(7-2-8-13)16-9-10-3-5-11(6-4-10)12(14)15/h3-6,12,16H,2,7-9H2,1H3. The highest BCUT2D eigenvalue weighted by molar-refractivity contribution is 5.23. The van der Waals surface area contributed by atoms with Crippen LogP contribution in [0.5, 0.6) is 0 Å². The highest BCUT2D eigenvalue weighted by Gasteiger charge is 2.30. The predicted octanol–water partition coefficient (Wildman–Crippen LogP) is 3.66. The zero-order valence-electron chi connectivity index (χ0n) is 9.47. The highest BCUT2D eigenvalue weighted by Crippen LogP contribution is 2.31. The molecule has 0 radical (unpaired) electrons. The number of rotatable bonds is 4. The van der Waals surface area contributed by atoms with E-state index in [4.69, 9.17) is 0 Å². The van der Waals surface area contributed by atoms with E-state index in [0.717, 1.165) is 12.1 Å². The third-order valence-corrected chi connectivity index (χ3v) is 3.41. The van der Waals surface area contributed by atoms with E-state index in [1.54, 1.807) is 12.1 Å². The monoisotopic (exact) mass is 225 g/mol. The molecule has 3 heteroatoms. The van der Waals surface area contributed by atoms with Crippen LogP contribution >= 0.6 is 0 Å². The summed E-state index contributed by atoms with van der Waals surface area (Å²) in [4.78, 5) is 0. The molecule has 0 heterocycles. The number of halogens is 2. The quantitative estimate of drug-likeness (QED) is 0.824. The molecule has 1 nitrogen and oxygen atoms in total. The van der Waals surface area contributed by atoms with E-state index in [2.05, 4.69) is 12.2 Å². The van der Waals surface area contributed by atoms with E-state index >= 15 is 0 Å². The molecule has 2 rings (SSSR count). The molecule has 0 unspecified atom stereocenters. The summed E-state index contributed by atoms with van der Waals surface area (Å²) in [5, 5.41) is 3.47. The van der Waals surface area contributed by atoms with Crippen molar-refractivity contribution in [3.8, 4) is 0 Å². The minimum atomic E-state index is -2.37. The van der Waals surface area contributed by atoms with Crippen LogP contribution in [-0.4, -0.2) is 5.54 Å². The van der Waals surface area contributed by atoms with Gasteiger partial charge in [0.25, 0.3) is 6.43 Å². The number of alkyl halides is 2. The van der Waals surface area contributed by atoms with Gasteiger partial charge in [-0.3, -0.25) is 0 Å². The molecule has 16 heavy (non-hydrogen) atoms. The van der Waals surface area contributed by atoms with Crippen molar-refractivity contribution >= 4 is 0 Å². The Morgan fingerprint density at radius 2 is 1.88 bits per heavy atom. The van der Waals surface area contributed by atoms with Crippen LogP contribution in [0, 0.1) is 0 Å². The van der Waals surface area contributed by atoms with Crippen molar-refractivity contribution in [2.75, 3.05) is 0 Å². The summed E-state index contributed by atoms with van der Waals surface area (Å²) < 4.78 is 24.6. The lowest BCUT2D eigenvalue weighted by atomic mass is 9.78. The Labute approximate surface area is 94.9 Å². The first-order valence-electron chi connectivity index (χ1n) is 5.71. The second kappa shape index (κ2) is 4.50. The van der Waals surface area contributed by atoms with E-state index in [9.17, 15) is 8.78 Å². The third kappa shape index (κ3) is 2.59. The average Bonchev–Trinajstić information content (AvgIpc) is 2.24. The van der Waals surface area contributed by atoms with Crippen LogP contribution in [0.1, 0.15) is 43.7 Å². The second-order valence-electron chi connectivity index (χ2n) is 4.81. The summed E-state index contributed by atoms with van der Waals surface area (Å²) in [6.45, 7) is 2.98. The molecule has 0 atom stereocenters. The Hall–Kier alpha value is -0.960. The fourth-order valence-corrected chi connectivity index (χ4v) is 1.98. The van der Waals surface area contributed by atoms with Crippen LogP contribution in [0.15, 0.2) is 24.3 Å². The molecule has 1 N–H and O–H groups in total. The summed E-state index contributed by atoms with van der Waals surface area (Å²) in [7, 11) is 0. The van der Waals surface area contributed by atoms with Gasteiger partial charge in [0.05, 0.1) is 0 Å². The van der Waals surface area contributed by atoms with Gasteiger partial charge in [-0.15, -0.1) is 0 Å². The van der Waals surface area contributed by atoms with Gasteiger partial charge < -0.3 is 5.32 Å². The van der Waals surface area contributed by atoms with Crippen molar-refractivity contribution in [1.82, 2.24) is 5.32 Å². The van der Waals surface area contributed by atoms with Crippen molar-refractivity contribution in [3.05, 3.63) is 35.4 Å². The number of nitrogens with one attached hydrogen (secondary N) is 1. The SMILES string of the molecule is CC1(NCc2ccc(C(F)F)cc2)CCC1. The van der Waals surface area contributed by atoms with Crippen molar-refractivity contribution in [1.29, 1.82) is 0 Å². The minimum absolute atomic E-state index is 0.0959. The molecular formula is C13H17F2N. The Morgan fingerprint density at radius 3 is 2.31 bits per heavy atom. The molecule has 1 saturated carbocycles. The molecule has 1 aromatic rings. The Bertz CT molecular complexity index is 341. The smallest absolute Gasteiger partial charge is 0.263 e. The molecular weight excluding hydrogens is 208 g/mol. The fourth-order valence-electron chi connectivity index (χ4n) is 1.98. The highest BCUT2D eigenvalue weighted by atomic mass is 19.3. The minimum Gasteiger partial charge on any atom is -0.307 e. The molecule has 1 aliphatic carbocycles. The topological polar surface area (TPSA) is 12.0 Å². The molecule has 0 aliphatic heterocycles. The lowest BCUT2D eigenvalue weighted by Crippen LogP contribution is -2.47. The average molecular weight is 225 g/mol. The van der Waals surface area contributed by atoms with Gasteiger partial charge in [0.2, 0.25) is 0 Å². The van der Waals surface area contributed by atoms with Crippen molar-refractivity contribution < 1.29 is 8.78 Å². The molecule has 1 fully saturated rings. The van der Waals surface area contributed by atoms with Crippen LogP contribution in [-0.2, 0) is 6.54 Å². The van der Waals surface area contributed by atoms with Gasteiger partial charge in [-0.1, -0.05) is 24.3 Å². The molecule has 0 bridgehead atoms. The Kier molecular flexibility index (Phi) is 3.24. The van der Waals surface area contributed by atoms with Crippen molar-refractivity contribution in [2.45, 2.75) is 44.7 Å². The van der Waals surface area contributed by atoms with Gasteiger partial charge in [0.15, 0.2) is 0 Å². The van der Waals surface area contributed by atoms with E-state index < -0.39 is 6.43 Å². The van der Waals surface area contributed by atoms with Crippen LogP contribution in [0.2, 0.25) is 0 Å². The van der Waals surface area contributed by atoms with Gasteiger partial charge in [-0.05, 0) is 31.7 Å².